The third-order valence-electron chi connectivity index (χ3n) is 2.98. The van der Waals surface area contributed by atoms with E-state index in [0.29, 0.717) is 5.69 Å². The monoisotopic (exact) mass is 239 g/mol. The average Bonchev–Trinajstić information content (AvgIpc) is 2.74. The molecule has 0 aliphatic rings. The maximum atomic E-state index is 9.44. The summed E-state index contributed by atoms with van der Waals surface area (Å²) in [7, 11) is 0. The van der Waals surface area contributed by atoms with Crippen LogP contribution in [0, 0.1) is 6.92 Å². The average molecular weight is 239 g/mol. The number of hydrogen-bond donors (Lipinski definition) is 3. The molecule has 0 spiro atoms. The fourth-order valence-electron chi connectivity index (χ4n) is 2.02. The SMILES string of the molecule is Cc1ccc(N)cc1-c1nc2ccc(O)cc2[nH]1. The normalized spacial score (nSPS) is 10.9. The minimum Gasteiger partial charge on any atom is -0.508 e. The Balaban J connectivity index is 2.22. The first-order valence-electron chi connectivity index (χ1n) is 5.69. The van der Waals surface area contributed by atoms with Gasteiger partial charge in [0.15, 0.2) is 0 Å². The van der Waals surface area contributed by atoms with Crippen LogP contribution in [0.4, 0.5) is 5.69 Å². The lowest BCUT2D eigenvalue weighted by Gasteiger charge is -2.03. The van der Waals surface area contributed by atoms with Gasteiger partial charge in [-0.1, -0.05) is 6.07 Å². The summed E-state index contributed by atoms with van der Waals surface area (Å²) < 4.78 is 0. The summed E-state index contributed by atoms with van der Waals surface area (Å²) in [5, 5.41) is 9.44. The fourth-order valence-corrected chi connectivity index (χ4v) is 2.02. The van der Waals surface area contributed by atoms with Crippen molar-refractivity contribution >= 4 is 16.7 Å². The Hall–Kier alpha value is -2.49. The predicted molar refractivity (Wildman–Crippen MR) is 72.3 cm³/mol. The van der Waals surface area contributed by atoms with Crippen LogP contribution in [-0.4, -0.2) is 15.1 Å². The molecule has 4 N–H and O–H groups in total. The Morgan fingerprint density at radius 2 is 2.00 bits per heavy atom. The third kappa shape index (κ3) is 1.68. The van der Waals surface area contributed by atoms with Crippen molar-refractivity contribution in [1.29, 1.82) is 0 Å². The second-order valence-electron chi connectivity index (χ2n) is 4.36. The third-order valence-corrected chi connectivity index (χ3v) is 2.98. The number of aromatic hydroxyl groups is 1. The number of nitrogen functional groups attached to an aromatic ring is 1. The highest BCUT2D eigenvalue weighted by Crippen LogP contribution is 2.26. The van der Waals surface area contributed by atoms with Crippen molar-refractivity contribution in [3.05, 3.63) is 42.0 Å². The van der Waals surface area contributed by atoms with E-state index in [1.807, 2.05) is 25.1 Å². The minimum atomic E-state index is 0.224. The van der Waals surface area contributed by atoms with Crippen LogP contribution < -0.4 is 5.73 Å². The number of rotatable bonds is 1. The molecule has 0 unspecified atom stereocenters. The molecule has 3 rings (SSSR count). The van der Waals surface area contributed by atoms with E-state index < -0.39 is 0 Å². The van der Waals surface area contributed by atoms with Crippen molar-refractivity contribution in [2.75, 3.05) is 5.73 Å². The number of nitrogens with one attached hydrogen (secondary N) is 1. The van der Waals surface area contributed by atoms with Gasteiger partial charge in [-0.3, -0.25) is 0 Å². The number of imidazole rings is 1. The van der Waals surface area contributed by atoms with Gasteiger partial charge in [-0.05, 0) is 36.8 Å². The lowest BCUT2D eigenvalue weighted by molar-refractivity contribution is 0.476. The molecule has 2 aromatic carbocycles. The van der Waals surface area contributed by atoms with Crippen molar-refractivity contribution in [2.24, 2.45) is 0 Å². The van der Waals surface area contributed by atoms with Gasteiger partial charge in [0.2, 0.25) is 0 Å². The number of hydrogen-bond acceptors (Lipinski definition) is 3. The zero-order valence-corrected chi connectivity index (χ0v) is 9.94. The molecule has 4 heteroatoms. The van der Waals surface area contributed by atoms with Gasteiger partial charge in [-0.25, -0.2) is 4.98 Å². The highest BCUT2D eigenvalue weighted by Gasteiger charge is 2.08. The molecule has 0 aliphatic heterocycles. The zero-order valence-electron chi connectivity index (χ0n) is 9.94. The number of nitrogens with zero attached hydrogens (tertiary/aromatic N) is 1. The van der Waals surface area contributed by atoms with Crippen LogP contribution in [0.1, 0.15) is 5.56 Å². The number of aromatic nitrogens is 2. The molecule has 0 atom stereocenters. The Morgan fingerprint density at radius 1 is 1.17 bits per heavy atom. The Labute approximate surface area is 104 Å². The number of fused-ring (bicyclic) bond motifs is 1. The molecule has 0 fully saturated rings. The van der Waals surface area contributed by atoms with E-state index in [-0.39, 0.29) is 5.75 Å². The second kappa shape index (κ2) is 3.77. The summed E-state index contributed by atoms with van der Waals surface area (Å²) >= 11 is 0. The molecule has 1 heterocycles. The molecular formula is C14H13N3O. The molecule has 3 aromatic rings. The molecule has 0 bridgehead atoms. The molecule has 0 amide bonds. The first kappa shape index (κ1) is 10.7. The van der Waals surface area contributed by atoms with Gasteiger partial charge in [0, 0.05) is 17.3 Å². The molecule has 1 aromatic heterocycles. The van der Waals surface area contributed by atoms with Crippen LogP contribution in [0.15, 0.2) is 36.4 Å². The standard InChI is InChI=1S/C14H13N3O/c1-8-2-3-9(15)6-11(8)14-16-12-5-4-10(18)7-13(12)17-14/h2-7,18H,15H2,1H3,(H,16,17). The number of aromatic amines is 1. The van der Waals surface area contributed by atoms with Crippen molar-refractivity contribution in [1.82, 2.24) is 9.97 Å². The van der Waals surface area contributed by atoms with E-state index in [1.54, 1.807) is 18.2 Å². The van der Waals surface area contributed by atoms with Crippen LogP contribution in [-0.2, 0) is 0 Å². The Kier molecular flexibility index (Phi) is 2.23. The van der Waals surface area contributed by atoms with Crippen LogP contribution in [0.5, 0.6) is 5.75 Å². The smallest absolute Gasteiger partial charge is 0.138 e. The van der Waals surface area contributed by atoms with Crippen LogP contribution >= 0.6 is 0 Å². The summed E-state index contributed by atoms with van der Waals surface area (Å²) in [5.41, 5.74) is 10.2. The number of aryl methyl sites for hydroxylation is 1. The molecule has 0 saturated carbocycles. The van der Waals surface area contributed by atoms with Gasteiger partial charge in [0.05, 0.1) is 11.0 Å². The number of phenols is 1. The number of phenolic OH excluding ortho intramolecular Hbond substituents is 1. The lowest BCUT2D eigenvalue weighted by Crippen LogP contribution is -1.90. The maximum Gasteiger partial charge on any atom is 0.138 e. The summed E-state index contributed by atoms with van der Waals surface area (Å²) in [6.07, 6.45) is 0. The highest BCUT2D eigenvalue weighted by molar-refractivity contribution is 5.81. The molecule has 0 aliphatic carbocycles. The van der Waals surface area contributed by atoms with E-state index in [2.05, 4.69) is 9.97 Å². The van der Waals surface area contributed by atoms with Gasteiger partial charge in [-0.15, -0.1) is 0 Å². The van der Waals surface area contributed by atoms with E-state index in [0.717, 1.165) is 28.0 Å². The molecule has 0 saturated heterocycles. The van der Waals surface area contributed by atoms with Gasteiger partial charge in [0.1, 0.15) is 11.6 Å². The second-order valence-corrected chi connectivity index (χ2v) is 4.36. The Morgan fingerprint density at radius 3 is 2.83 bits per heavy atom. The van der Waals surface area contributed by atoms with Gasteiger partial charge in [-0.2, -0.15) is 0 Å². The highest BCUT2D eigenvalue weighted by atomic mass is 16.3. The van der Waals surface area contributed by atoms with Crippen molar-refractivity contribution < 1.29 is 5.11 Å². The van der Waals surface area contributed by atoms with Crippen LogP contribution in [0.2, 0.25) is 0 Å². The van der Waals surface area contributed by atoms with Crippen molar-refractivity contribution in [3.8, 4) is 17.1 Å². The zero-order chi connectivity index (χ0) is 12.7. The van der Waals surface area contributed by atoms with Crippen LogP contribution in [0.25, 0.3) is 22.4 Å². The molecular weight excluding hydrogens is 226 g/mol. The lowest BCUT2D eigenvalue weighted by atomic mass is 10.1. The minimum absolute atomic E-state index is 0.224. The van der Waals surface area contributed by atoms with Crippen LogP contribution in [0.3, 0.4) is 0 Å². The summed E-state index contributed by atoms with van der Waals surface area (Å²) in [6.45, 7) is 2.01. The maximum absolute atomic E-state index is 9.44. The van der Waals surface area contributed by atoms with Crippen molar-refractivity contribution in [3.63, 3.8) is 0 Å². The summed E-state index contributed by atoms with van der Waals surface area (Å²) in [5.74, 6) is 0.988. The van der Waals surface area contributed by atoms with Gasteiger partial charge >= 0.3 is 0 Å². The number of nitrogens with two attached hydrogens (primary N) is 1. The summed E-state index contributed by atoms with van der Waals surface area (Å²) in [6, 6.07) is 10.8. The van der Waals surface area contributed by atoms with Crippen molar-refractivity contribution in [2.45, 2.75) is 6.92 Å². The topological polar surface area (TPSA) is 74.9 Å². The van der Waals surface area contributed by atoms with Gasteiger partial charge < -0.3 is 15.8 Å². The fraction of sp³-hybridized carbons (Fsp3) is 0.0714. The van der Waals surface area contributed by atoms with E-state index in [4.69, 9.17) is 5.73 Å². The Bertz CT molecular complexity index is 731. The number of benzene rings is 2. The van der Waals surface area contributed by atoms with Gasteiger partial charge in [0.25, 0.3) is 0 Å². The molecule has 4 nitrogen and oxygen atoms in total. The summed E-state index contributed by atoms with van der Waals surface area (Å²) in [4.78, 5) is 7.70. The molecule has 0 radical (unpaired) electrons. The molecule has 90 valence electrons. The quantitative estimate of drug-likeness (QED) is 0.571. The first-order valence-corrected chi connectivity index (χ1v) is 5.69. The van der Waals surface area contributed by atoms with E-state index in [9.17, 15) is 5.11 Å². The van der Waals surface area contributed by atoms with E-state index >= 15 is 0 Å². The number of H-pyrrole nitrogens is 1. The molecule has 18 heavy (non-hydrogen) atoms. The van der Waals surface area contributed by atoms with E-state index in [1.165, 1.54) is 0 Å². The first-order chi connectivity index (χ1) is 8.63. The predicted octanol–water partition coefficient (Wildman–Crippen LogP) is 2.83. The largest absolute Gasteiger partial charge is 0.508 e. The number of anilines is 1.